The van der Waals surface area contributed by atoms with Gasteiger partial charge in [-0.15, -0.1) is 0 Å². The lowest BCUT2D eigenvalue weighted by Crippen LogP contribution is -2.29. The summed E-state index contributed by atoms with van der Waals surface area (Å²) in [5.41, 5.74) is 0.783. The first-order valence-electron chi connectivity index (χ1n) is 5.12. The van der Waals surface area contributed by atoms with Crippen LogP contribution in [0.4, 0.5) is 0 Å². The SMILES string of the molecule is CN1CCCC1Cn1cccc1C=O. The van der Waals surface area contributed by atoms with Crippen LogP contribution in [0.1, 0.15) is 23.3 Å². The largest absolute Gasteiger partial charge is 0.344 e. The van der Waals surface area contributed by atoms with E-state index in [1.807, 2.05) is 22.9 Å². The minimum absolute atomic E-state index is 0.598. The molecule has 2 heterocycles. The van der Waals surface area contributed by atoms with Crippen LogP contribution in [0.2, 0.25) is 0 Å². The zero-order chi connectivity index (χ0) is 9.97. The van der Waals surface area contributed by atoms with Crippen LogP contribution >= 0.6 is 0 Å². The Morgan fingerprint density at radius 2 is 2.50 bits per heavy atom. The third-order valence-corrected chi connectivity index (χ3v) is 3.06. The van der Waals surface area contributed by atoms with Crippen LogP contribution in [-0.4, -0.2) is 35.4 Å². The number of rotatable bonds is 3. The molecule has 1 aliphatic heterocycles. The van der Waals surface area contributed by atoms with Gasteiger partial charge < -0.3 is 9.47 Å². The Morgan fingerprint density at radius 1 is 1.64 bits per heavy atom. The normalized spacial score (nSPS) is 22.8. The van der Waals surface area contributed by atoms with Crippen molar-refractivity contribution in [3.05, 3.63) is 24.0 Å². The number of carbonyl (C=O) groups excluding carboxylic acids is 1. The lowest BCUT2D eigenvalue weighted by Gasteiger charge is -2.20. The van der Waals surface area contributed by atoms with E-state index < -0.39 is 0 Å². The Labute approximate surface area is 84.3 Å². The minimum Gasteiger partial charge on any atom is -0.344 e. The van der Waals surface area contributed by atoms with Gasteiger partial charge in [-0.05, 0) is 38.6 Å². The summed E-state index contributed by atoms with van der Waals surface area (Å²) in [6, 6.07) is 4.39. The first-order chi connectivity index (χ1) is 6.81. The van der Waals surface area contributed by atoms with Crippen LogP contribution in [0.5, 0.6) is 0 Å². The van der Waals surface area contributed by atoms with E-state index >= 15 is 0 Å². The second-order valence-corrected chi connectivity index (χ2v) is 3.98. The molecule has 0 aromatic carbocycles. The summed E-state index contributed by atoms with van der Waals surface area (Å²) in [4.78, 5) is 13.1. The highest BCUT2D eigenvalue weighted by molar-refractivity contribution is 5.72. The maximum atomic E-state index is 10.7. The summed E-state index contributed by atoms with van der Waals surface area (Å²) < 4.78 is 2.04. The van der Waals surface area contributed by atoms with E-state index in [2.05, 4.69) is 11.9 Å². The van der Waals surface area contributed by atoms with Gasteiger partial charge in [-0.1, -0.05) is 0 Å². The summed E-state index contributed by atoms with van der Waals surface area (Å²) in [6.07, 6.45) is 5.43. The average molecular weight is 192 g/mol. The Morgan fingerprint density at radius 3 is 3.14 bits per heavy atom. The molecule has 1 aliphatic rings. The van der Waals surface area contributed by atoms with Gasteiger partial charge in [0, 0.05) is 18.8 Å². The van der Waals surface area contributed by atoms with Crippen molar-refractivity contribution < 1.29 is 4.79 Å². The molecule has 2 rings (SSSR count). The van der Waals surface area contributed by atoms with Crippen molar-refractivity contribution in [2.45, 2.75) is 25.4 Å². The molecule has 14 heavy (non-hydrogen) atoms. The molecule has 0 bridgehead atoms. The Kier molecular flexibility index (Phi) is 2.68. The molecule has 1 atom stereocenters. The second-order valence-electron chi connectivity index (χ2n) is 3.98. The van der Waals surface area contributed by atoms with Crippen LogP contribution in [0, 0.1) is 0 Å². The van der Waals surface area contributed by atoms with E-state index in [0.717, 1.165) is 18.5 Å². The molecule has 0 N–H and O–H groups in total. The molecule has 76 valence electrons. The van der Waals surface area contributed by atoms with Crippen LogP contribution in [0.25, 0.3) is 0 Å². The van der Waals surface area contributed by atoms with Crippen molar-refractivity contribution in [3.63, 3.8) is 0 Å². The highest BCUT2D eigenvalue weighted by atomic mass is 16.1. The van der Waals surface area contributed by atoms with Gasteiger partial charge in [0.05, 0.1) is 5.69 Å². The summed E-state index contributed by atoms with van der Waals surface area (Å²) in [7, 11) is 2.15. The first kappa shape index (κ1) is 9.46. The van der Waals surface area contributed by atoms with Crippen molar-refractivity contribution in [1.82, 2.24) is 9.47 Å². The standard InChI is InChI=1S/C11H16N2O/c1-12-6-2-4-10(12)8-13-7-3-5-11(13)9-14/h3,5,7,9-10H,2,4,6,8H2,1H3. The van der Waals surface area contributed by atoms with E-state index in [9.17, 15) is 4.79 Å². The second kappa shape index (κ2) is 3.96. The minimum atomic E-state index is 0.598. The van der Waals surface area contributed by atoms with Crippen molar-refractivity contribution in [1.29, 1.82) is 0 Å². The molecule has 1 saturated heterocycles. The van der Waals surface area contributed by atoms with Crippen LogP contribution in [-0.2, 0) is 6.54 Å². The maximum Gasteiger partial charge on any atom is 0.166 e. The van der Waals surface area contributed by atoms with Crippen LogP contribution < -0.4 is 0 Å². The van der Waals surface area contributed by atoms with E-state index in [1.54, 1.807) is 0 Å². The highest BCUT2D eigenvalue weighted by Gasteiger charge is 2.21. The molecule has 3 nitrogen and oxygen atoms in total. The number of nitrogens with zero attached hydrogens (tertiary/aromatic N) is 2. The van der Waals surface area contributed by atoms with Crippen LogP contribution in [0.15, 0.2) is 18.3 Å². The van der Waals surface area contributed by atoms with Crippen molar-refractivity contribution in [2.24, 2.45) is 0 Å². The molecule has 0 saturated carbocycles. The van der Waals surface area contributed by atoms with Gasteiger partial charge in [-0.25, -0.2) is 0 Å². The van der Waals surface area contributed by atoms with E-state index in [1.165, 1.54) is 19.4 Å². The monoisotopic (exact) mass is 192 g/mol. The predicted octanol–water partition coefficient (Wildman–Crippen LogP) is 1.39. The van der Waals surface area contributed by atoms with Crippen LogP contribution in [0.3, 0.4) is 0 Å². The van der Waals surface area contributed by atoms with Crippen molar-refractivity contribution >= 4 is 6.29 Å². The Bertz CT molecular complexity index is 319. The Balaban J connectivity index is 2.06. The molecule has 0 amide bonds. The smallest absolute Gasteiger partial charge is 0.166 e. The number of likely N-dealkylation sites (N-methyl/N-ethyl adjacent to an activating group) is 1. The molecular formula is C11H16N2O. The number of aromatic nitrogens is 1. The van der Waals surface area contributed by atoms with Gasteiger partial charge >= 0.3 is 0 Å². The number of carbonyl (C=O) groups is 1. The fraction of sp³-hybridized carbons (Fsp3) is 0.545. The third-order valence-electron chi connectivity index (χ3n) is 3.06. The van der Waals surface area contributed by atoms with Gasteiger partial charge in [0.25, 0.3) is 0 Å². The summed E-state index contributed by atoms with van der Waals surface area (Å²) in [6.45, 7) is 2.12. The Hall–Kier alpha value is -1.09. The first-order valence-corrected chi connectivity index (χ1v) is 5.12. The van der Waals surface area contributed by atoms with E-state index in [4.69, 9.17) is 0 Å². The van der Waals surface area contributed by atoms with E-state index in [0.29, 0.717) is 6.04 Å². The lowest BCUT2D eigenvalue weighted by atomic mass is 10.2. The fourth-order valence-corrected chi connectivity index (χ4v) is 2.14. The topological polar surface area (TPSA) is 25.2 Å². The number of hydrogen-bond donors (Lipinski definition) is 0. The molecule has 1 unspecified atom stereocenters. The maximum absolute atomic E-state index is 10.7. The molecule has 1 aromatic heterocycles. The predicted molar refractivity (Wildman–Crippen MR) is 55.5 cm³/mol. The van der Waals surface area contributed by atoms with Crippen molar-refractivity contribution in [3.8, 4) is 0 Å². The average Bonchev–Trinajstić information content (AvgIpc) is 2.77. The third kappa shape index (κ3) is 1.73. The molecule has 3 heteroatoms. The van der Waals surface area contributed by atoms with Gasteiger partial charge in [0.1, 0.15) is 0 Å². The lowest BCUT2D eigenvalue weighted by molar-refractivity contribution is 0.111. The van der Waals surface area contributed by atoms with E-state index in [-0.39, 0.29) is 0 Å². The fourth-order valence-electron chi connectivity index (χ4n) is 2.14. The quantitative estimate of drug-likeness (QED) is 0.676. The number of likely N-dealkylation sites (tertiary alicyclic amines) is 1. The molecule has 0 spiro atoms. The zero-order valence-electron chi connectivity index (χ0n) is 8.52. The van der Waals surface area contributed by atoms with Crippen molar-refractivity contribution in [2.75, 3.05) is 13.6 Å². The summed E-state index contributed by atoms with van der Waals surface area (Å²) >= 11 is 0. The summed E-state index contributed by atoms with van der Waals surface area (Å²) in [5, 5.41) is 0. The number of aldehydes is 1. The molecule has 1 aromatic rings. The van der Waals surface area contributed by atoms with Gasteiger partial charge in [0.2, 0.25) is 0 Å². The zero-order valence-corrected chi connectivity index (χ0v) is 8.52. The van der Waals surface area contributed by atoms with Gasteiger partial charge in [0.15, 0.2) is 6.29 Å². The molecule has 0 aliphatic carbocycles. The van der Waals surface area contributed by atoms with Gasteiger partial charge in [-0.2, -0.15) is 0 Å². The molecule has 0 radical (unpaired) electrons. The van der Waals surface area contributed by atoms with Gasteiger partial charge in [-0.3, -0.25) is 4.79 Å². The highest BCUT2D eigenvalue weighted by Crippen LogP contribution is 2.17. The molecule has 1 fully saturated rings. The molecular weight excluding hydrogens is 176 g/mol. The summed E-state index contributed by atoms with van der Waals surface area (Å²) in [5.74, 6) is 0. The number of hydrogen-bond acceptors (Lipinski definition) is 2.